The SMILES string of the molecule is Cc1ccc(NC(=O)c2cnn(-c3ccccc3)c2NC(=O)c2ccccc2Br)cc1C. The number of anilines is 2. The molecule has 7 heteroatoms. The second kappa shape index (κ2) is 9.20. The molecule has 0 aliphatic heterocycles. The van der Waals surface area contributed by atoms with E-state index in [2.05, 4.69) is 31.7 Å². The van der Waals surface area contributed by atoms with Crippen LogP contribution in [0.2, 0.25) is 0 Å². The molecule has 1 heterocycles. The molecule has 2 amide bonds. The van der Waals surface area contributed by atoms with Gasteiger partial charge in [-0.05, 0) is 77.3 Å². The van der Waals surface area contributed by atoms with Crippen molar-refractivity contribution >= 4 is 39.2 Å². The lowest BCUT2D eigenvalue weighted by Crippen LogP contribution is -2.20. The topological polar surface area (TPSA) is 76.0 Å². The van der Waals surface area contributed by atoms with Gasteiger partial charge in [-0.3, -0.25) is 9.59 Å². The number of carbonyl (C=O) groups excluding carboxylic acids is 2. The number of carbonyl (C=O) groups is 2. The molecule has 4 aromatic rings. The number of aromatic nitrogens is 2. The monoisotopic (exact) mass is 488 g/mol. The molecule has 0 saturated heterocycles. The van der Waals surface area contributed by atoms with Gasteiger partial charge in [-0.15, -0.1) is 0 Å². The minimum atomic E-state index is -0.363. The van der Waals surface area contributed by atoms with Gasteiger partial charge >= 0.3 is 0 Å². The Balaban J connectivity index is 1.71. The van der Waals surface area contributed by atoms with Crippen molar-refractivity contribution in [2.45, 2.75) is 13.8 Å². The maximum atomic E-state index is 13.1. The van der Waals surface area contributed by atoms with Gasteiger partial charge in [0.2, 0.25) is 0 Å². The molecule has 32 heavy (non-hydrogen) atoms. The average molecular weight is 489 g/mol. The Kier molecular flexibility index (Phi) is 6.18. The average Bonchev–Trinajstić information content (AvgIpc) is 3.20. The third-order valence-electron chi connectivity index (χ3n) is 5.13. The van der Waals surface area contributed by atoms with Gasteiger partial charge in [0.25, 0.3) is 11.8 Å². The summed E-state index contributed by atoms with van der Waals surface area (Å²) in [7, 11) is 0. The third kappa shape index (κ3) is 4.48. The molecule has 0 unspecified atom stereocenters. The summed E-state index contributed by atoms with van der Waals surface area (Å²) in [5.41, 5.74) is 4.32. The summed E-state index contributed by atoms with van der Waals surface area (Å²) >= 11 is 3.41. The van der Waals surface area contributed by atoms with Crippen LogP contribution in [0.3, 0.4) is 0 Å². The van der Waals surface area contributed by atoms with Crippen molar-refractivity contribution in [1.29, 1.82) is 0 Å². The Morgan fingerprint density at radius 3 is 2.22 bits per heavy atom. The Morgan fingerprint density at radius 2 is 1.50 bits per heavy atom. The summed E-state index contributed by atoms with van der Waals surface area (Å²) in [6.45, 7) is 4.00. The van der Waals surface area contributed by atoms with Gasteiger partial charge in [0.05, 0.1) is 17.4 Å². The van der Waals surface area contributed by atoms with Gasteiger partial charge in [0.15, 0.2) is 0 Å². The van der Waals surface area contributed by atoms with Crippen LogP contribution < -0.4 is 10.6 Å². The standard InChI is InChI=1S/C25H21BrN4O2/c1-16-12-13-18(14-17(16)2)28-25(32)21-15-27-30(19-8-4-3-5-9-19)23(21)29-24(31)20-10-6-7-11-22(20)26/h3-15H,1-2H3,(H,28,32)(H,29,31). The summed E-state index contributed by atoms with van der Waals surface area (Å²) in [5.74, 6) is -0.425. The highest BCUT2D eigenvalue weighted by molar-refractivity contribution is 9.10. The van der Waals surface area contributed by atoms with Crippen LogP contribution in [0.4, 0.5) is 11.5 Å². The normalized spacial score (nSPS) is 10.6. The number of nitrogens with one attached hydrogen (secondary N) is 2. The number of hydrogen-bond donors (Lipinski definition) is 2. The quantitative estimate of drug-likeness (QED) is 0.375. The summed E-state index contributed by atoms with van der Waals surface area (Å²) in [4.78, 5) is 26.2. The summed E-state index contributed by atoms with van der Waals surface area (Å²) < 4.78 is 2.20. The molecule has 0 spiro atoms. The van der Waals surface area contributed by atoms with E-state index in [9.17, 15) is 9.59 Å². The minimum Gasteiger partial charge on any atom is -0.322 e. The van der Waals surface area contributed by atoms with Crippen molar-refractivity contribution in [2.75, 3.05) is 10.6 Å². The zero-order valence-corrected chi connectivity index (χ0v) is 19.2. The van der Waals surface area contributed by atoms with Crippen LogP contribution >= 0.6 is 15.9 Å². The maximum Gasteiger partial charge on any atom is 0.261 e. The van der Waals surface area contributed by atoms with Crippen molar-refractivity contribution in [3.05, 3.63) is 106 Å². The molecule has 0 radical (unpaired) electrons. The van der Waals surface area contributed by atoms with Crippen molar-refractivity contribution < 1.29 is 9.59 Å². The van der Waals surface area contributed by atoms with E-state index < -0.39 is 0 Å². The van der Waals surface area contributed by atoms with Crippen LogP contribution in [0, 0.1) is 13.8 Å². The molecule has 0 aliphatic rings. The van der Waals surface area contributed by atoms with E-state index in [0.717, 1.165) is 16.8 Å². The van der Waals surface area contributed by atoms with Gasteiger partial charge in [-0.2, -0.15) is 5.10 Å². The number of aryl methyl sites for hydroxylation is 2. The molecule has 2 N–H and O–H groups in total. The summed E-state index contributed by atoms with van der Waals surface area (Å²) in [6.07, 6.45) is 1.46. The molecule has 1 aromatic heterocycles. The molecule has 0 aliphatic carbocycles. The highest BCUT2D eigenvalue weighted by atomic mass is 79.9. The van der Waals surface area contributed by atoms with Crippen LogP contribution in [0.5, 0.6) is 0 Å². The second-order valence-corrected chi connectivity index (χ2v) is 8.20. The smallest absolute Gasteiger partial charge is 0.261 e. The number of rotatable bonds is 5. The molecule has 0 atom stereocenters. The van der Waals surface area contributed by atoms with Gasteiger partial charge in [-0.1, -0.05) is 36.4 Å². The fourth-order valence-electron chi connectivity index (χ4n) is 3.24. The second-order valence-electron chi connectivity index (χ2n) is 7.34. The highest BCUT2D eigenvalue weighted by Crippen LogP contribution is 2.24. The van der Waals surface area contributed by atoms with Crippen LogP contribution in [0.15, 0.2) is 83.5 Å². The molecule has 160 valence electrons. The first-order valence-corrected chi connectivity index (χ1v) is 10.8. The molecule has 4 rings (SSSR count). The van der Waals surface area contributed by atoms with Gasteiger partial charge < -0.3 is 10.6 Å². The maximum absolute atomic E-state index is 13.1. The number of para-hydroxylation sites is 1. The van der Waals surface area contributed by atoms with E-state index in [1.807, 2.05) is 68.4 Å². The van der Waals surface area contributed by atoms with E-state index >= 15 is 0 Å². The van der Waals surface area contributed by atoms with Crippen LogP contribution in [-0.2, 0) is 0 Å². The summed E-state index contributed by atoms with van der Waals surface area (Å²) in [6, 6.07) is 22.1. The Labute approximate surface area is 194 Å². The van der Waals surface area contributed by atoms with Gasteiger partial charge in [0.1, 0.15) is 11.4 Å². The van der Waals surface area contributed by atoms with E-state index in [1.54, 1.807) is 22.9 Å². The molecular weight excluding hydrogens is 468 g/mol. The van der Waals surface area contributed by atoms with E-state index in [-0.39, 0.29) is 17.4 Å². The molecule has 0 saturated carbocycles. The largest absolute Gasteiger partial charge is 0.322 e. The summed E-state index contributed by atoms with van der Waals surface area (Å²) in [5, 5.41) is 10.2. The predicted octanol–water partition coefficient (Wildman–Crippen LogP) is 5.76. The third-order valence-corrected chi connectivity index (χ3v) is 5.82. The van der Waals surface area contributed by atoms with Crippen molar-refractivity contribution in [1.82, 2.24) is 9.78 Å². The first kappa shape index (κ1) is 21.5. The van der Waals surface area contributed by atoms with E-state index in [1.165, 1.54) is 6.20 Å². The van der Waals surface area contributed by atoms with Crippen LogP contribution in [0.1, 0.15) is 31.8 Å². The van der Waals surface area contributed by atoms with Crippen LogP contribution in [-0.4, -0.2) is 21.6 Å². The number of amides is 2. The first-order valence-electron chi connectivity index (χ1n) is 10.0. The van der Waals surface area contributed by atoms with E-state index in [4.69, 9.17) is 0 Å². The molecule has 0 fully saturated rings. The Bertz CT molecular complexity index is 1300. The number of nitrogens with zero attached hydrogens (tertiary/aromatic N) is 2. The highest BCUT2D eigenvalue weighted by Gasteiger charge is 2.22. The zero-order chi connectivity index (χ0) is 22.7. The number of benzene rings is 3. The predicted molar refractivity (Wildman–Crippen MR) is 130 cm³/mol. The molecule has 3 aromatic carbocycles. The van der Waals surface area contributed by atoms with E-state index in [0.29, 0.717) is 21.5 Å². The fourth-order valence-corrected chi connectivity index (χ4v) is 3.70. The first-order chi connectivity index (χ1) is 15.4. The van der Waals surface area contributed by atoms with Gasteiger partial charge in [-0.25, -0.2) is 4.68 Å². The van der Waals surface area contributed by atoms with Crippen molar-refractivity contribution in [3.8, 4) is 5.69 Å². The number of hydrogen-bond acceptors (Lipinski definition) is 3. The number of halogens is 1. The Hall–Kier alpha value is -3.71. The van der Waals surface area contributed by atoms with Crippen molar-refractivity contribution in [3.63, 3.8) is 0 Å². The van der Waals surface area contributed by atoms with Crippen LogP contribution in [0.25, 0.3) is 5.69 Å². The lowest BCUT2D eigenvalue weighted by molar-refractivity contribution is 0.102. The molecule has 0 bridgehead atoms. The fraction of sp³-hybridized carbons (Fsp3) is 0.0800. The van der Waals surface area contributed by atoms with Gasteiger partial charge in [0, 0.05) is 10.2 Å². The lowest BCUT2D eigenvalue weighted by atomic mass is 10.1. The van der Waals surface area contributed by atoms with Crippen molar-refractivity contribution in [2.24, 2.45) is 0 Å². The lowest BCUT2D eigenvalue weighted by Gasteiger charge is -2.13. The molecular formula is C25H21BrN4O2. The minimum absolute atomic E-state index is 0.257. The zero-order valence-electron chi connectivity index (χ0n) is 17.6. The molecule has 6 nitrogen and oxygen atoms in total. The Morgan fingerprint density at radius 1 is 0.812 bits per heavy atom.